The van der Waals surface area contributed by atoms with Crippen molar-refractivity contribution in [3.05, 3.63) is 0 Å². The number of nitrogens with two attached hydrogens (primary N) is 3. The Kier molecular flexibility index (Phi) is 11.0. The first-order chi connectivity index (χ1) is 10.3. The standard InChI is InChI=1S/C12H33N3O3Si3/c13-7-1-4-10-20-16-19-17-21(18-20,11-5-2-8-14)12-6-3-9-15/h20H,1-15,19H2. The summed E-state index contributed by atoms with van der Waals surface area (Å²) in [5, 5.41) is 0. The Morgan fingerprint density at radius 3 is 1.95 bits per heavy atom. The molecule has 1 fully saturated rings. The zero-order valence-electron chi connectivity index (χ0n) is 13.2. The van der Waals surface area contributed by atoms with Crippen molar-refractivity contribution in [2.75, 3.05) is 19.6 Å². The monoisotopic (exact) mass is 351 g/mol. The van der Waals surface area contributed by atoms with Crippen LogP contribution >= 0.6 is 0 Å². The molecule has 21 heavy (non-hydrogen) atoms. The lowest BCUT2D eigenvalue weighted by atomic mass is 10.3. The van der Waals surface area contributed by atoms with E-state index in [1.165, 1.54) is 0 Å². The second-order valence-corrected chi connectivity index (χ2v) is 13.6. The molecule has 0 amide bonds. The van der Waals surface area contributed by atoms with Crippen LogP contribution in [0.25, 0.3) is 0 Å². The van der Waals surface area contributed by atoms with E-state index in [1.54, 1.807) is 0 Å². The molecule has 0 aromatic rings. The molecular weight excluding hydrogens is 318 g/mol. The largest absolute Gasteiger partial charge is 0.422 e. The number of hydrogen-bond acceptors (Lipinski definition) is 6. The van der Waals surface area contributed by atoms with Crippen molar-refractivity contribution in [2.45, 2.75) is 56.7 Å². The highest BCUT2D eigenvalue weighted by Gasteiger charge is 2.42. The highest BCUT2D eigenvalue weighted by atomic mass is 28.5. The van der Waals surface area contributed by atoms with Gasteiger partial charge in [0.25, 0.3) is 10.0 Å². The first kappa shape index (κ1) is 19.5. The molecule has 1 aliphatic heterocycles. The van der Waals surface area contributed by atoms with Crippen LogP contribution < -0.4 is 17.2 Å². The van der Waals surface area contributed by atoms with Gasteiger partial charge in [0.2, 0.25) is 0 Å². The van der Waals surface area contributed by atoms with Crippen LogP contribution in [-0.4, -0.2) is 47.5 Å². The molecule has 0 spiro atoms. The summed E-state index contributed by atoms with van der Waals surface area (Å²) >= 11 is 0. The van der Waals surface area contributed by atoms with Crippen LogP contribution in [-0.2, 0) is 12.3 Å². The van der Waals surface area contributed by atoms with Crippen molar-refractivity contribution in [1.82, 2.24) is 0 Å². The second-order valence-electron chi connectivity index (χ2n) is 5.66. The van der Waals surface area contributed by atoms with Gasteiger partial charge < -0.3 is 29.5 Å². The van der Waals surface area contributed by atoms with E-state index in [9.17, 15) is 0 Å². The van der Waals surface area contributed by atoms with Gasteiger partial charge in [-0.1, -0.05) is 19.3 Å². The maximum atomic E-state index is 6.46. The van der Waals surface area contributed by atoms with Crippen molar-refractivity contribution in [2.24, 2.45) is 17.2 Å². The van der Waals surface area contributed by atoms with Gasteiger partial charge in [0.1, 0.15) is 0 Å². The molecular formula is C12H33N3O3Si3. The van der Waals surface area contributed by atoms with Crippen LogP contribution in [0.1, 0.15) is 38.5 Å². The molecule has 1 atom stereocenters. The van der Waals surface area contributed by atoms with Crippen LogP contribution in [0.2, 0.25) is 18.1 Å². The van der Waals surface area contributed by atoms with E-state index in [1.807, 2.05) is 0 Å². The van der Waals surface area contributed by atoms with Gasteiger partial charge in [-0.25, -0.2) is 0 Å². The van der Waals surface area contributed by atoms with E-state index in [2.05, 4.69) is 0 Å². The van der Waals surface area contributed by atoms with Crippen LogP contribution in [0, 0.1) is 0 Å². The molecule has 1 heterocycles. The molecule has 6 nitrogen and oxygen atoms in total. The lowest BCUT2D eigenvalue weighted by Gasteiger charge is -2.39. The highest BCUT2D eigenvalue weighted by molar-refractivity contribution is 6.80. The molecule has 6 N–H and O–H groups in total. The molecule has 126 valence electrons. The number of rotatable bonds is 12. The van der Waals surface area contributed by atoms with Gasteiger partial charge in [-0.15, -0.1) is 0 Å². The summed E-state index contributed by atoms with van der Waals surface area (Å²) in [6, 6.07) is 3.23. The fourth-order valence-electron chi connectivity index (χ4n) is 2.59. The Balaban J connectivity index is 2.48. The summed E-state index contributed by atoms with van der Waals surface area (Å²) in [7, 11) is -4.37. The van der Waals surface area contributed by atoms with Gasteiger partial charge in [0, 0.05) is 0 Å². The van der Waals surface area contributed by atoms with Crippen molar-refractivity contribution in [1.29, 1.82) is 0 Å². The topological polar surface area (TPSA) is 106 Å². The van der Waals surface area contributed by atoms with Crippen LogP contribution in [0.4, 0.5) is 0 Å². The van der Waals surface area contributed by atoms with Gasteiger partial charge >= 0.3 is 17.8 Å². The molecule has 1 aliphatic rings. The molecule has 0 bridgehead atoms. The van der Waals surface area contributed by atoms with Gasteiger partial charge in [-0.2, -0.15) is 0 Å². The van der Waals surface area contributed by atoms with E-state index in [-0.39, 0.29) is 0 Å². The van der Waals surface area contributed by atoms with Crippen LogP contribution in [0.15, 0.2) is 0 Å². The van der Waals surface area contributed by atoms with Crippen molar-refractivity contribution < 1.29 is 12.3 Å². The Morgan fingerprint density at radius 2 is 1.38 bits per heavy atom. The Labute approximate surface area is 134 Å². The summed E-state index contributed by atoms with van der Waals surface area (Å²) in [5.41, 5.74) is 16.8. The van der Waals surface area contributed by atoms with Gasteiger partial charge in [0.05, 0.1) is 0 Å². The molecule has 1 unspecified atom stereocenters. The van der Waals surface area contributed by atoms with E-state index in [0.717, 1.165) is 76.3 Å². The van der Waals surface area contributed by atoms with E-state index in [4.69, 9.17) is 29.5 Å². The third-order valence-electron chi connectivity index (χ3n) is 3.84. The first-order valence-electron chi connectivity index (χ1n) is 8.30. The first-order valence-corrected chi connectivity index (χ1v) is 13.4. The normalized spacial score (nSPS) is 22.7. The van der Waals surface area contributed by atoms with Crippen molar-refractivity contribution in [3.8, 4) is 0 Å². The fraction of sp³-hybridized carbons (Fsp3) is 1.00. The molecule has 1 rings (SSSR count). The number of unbranched alkanes of at least 4 members (excludes halogenated alkanes) is 3. The Morgan fingerprint density at radius 1 is 0.810 bits per heavy atom. The van der Waals surface area contributed by atoms with Gasteiger partial charge in [-0.05, 0) is 57.0 Å². The minimum atomic E-state index is -2.02. The van der Waals surface area contributed by atoms with E-state index < -0.39 is 27.9 Å². The minimum absolute atomic E-state index is 0.749. The molecule has 1 saturated heterocycles. The molecule has 0 aliphatic carbocycles. The predicted molar refractivity (Wildman–Crippen MR) is 94.0 cm³/mol. The second kappa shape index (κ2) is 11.9. The van der Waals surface area contributed by atoms with Crippen molar-refractivity contribution >= 4 is 27.9 Å². The summed E-state index contributed by atoms with van der Waals surface area (Å²) in [6.07, 6.45) is 6.53. The fourth-order valence-corrected chi connectivity index (χ4v) is 14.3. The third-order valence-corrected chi connectivity index (χ3v) is 14.3. The van der Waals surface area contributed by atoms with Gasteiger partial charge in [0.15, 0.2) is 0 Å². The summed E-state index contributed by atoms with van der Waals surface area (Å²) < 4.78 is 18.5. The Hall–Kier alpha value is 0.411. The summed E-state index contributed by atoms with van der Waals surface area (Å²) in [4.78, 5) is 0. The molecule has 9 heteroatoms. The van der Waals surface area contributed by atoms with Gasteiger partial charge in [-0.3, -0.25) is 0 Å². The summed E-state index contributed by atoms with van der Waals surface area (Å²) in [6.45, 7) is 2.25. The summed E-state index contributed by atoms with van der Waals surface area (Å²) in [5.74, 6) is 0. The molecule has 0 saturated carbocycles. The zero-order chi connectivity index (χ0) is 15.4. The number of hydrogen-bond donors (Lipinski definition) is 3. The minimum Gasteiger partial charge on any atom is -0.422 e. The van der Waals surface area contributed by atoms with E-state index >= 15 is 0 Å². The van der Waals surface area contributed by atoms with E-state index in [0.29, 0.717) is 0 Å². The molecule has 0 aromatic carbocycles. The van der Waals surface area contributed by atoms with Crippen LogP contribution in [0.3, 0.4) is 0 Å². The maximum Gasteiger partial charge on any atom is 0.320 e. The SMILES string of the molecule is NCCCC[SiH]1O[SiH2]O[Si](CCCCN)(CCCCN)O1. The quantitative estimate of drug-likeness (QED) is 0.336. The highest BCUT2D eigenvalue weighted by Crippen LogP contribution is 2.29. The molecule has 0 radical (unpaired) electrons. The Bertz CT molecular complexity index is 255. The van der Waals surface area contributed by atoms with Crippen molar-refractivity contribution in [3.63, 3.8) is 0 Å². The third kappa shape index (κ3) is 8.00. The van der Waals surface area contributed by atoms with Crippen LogP contribution in [0.5, 0.6) is 0 Å². The average molecular weight is 352 g/mol. The maximum absolute atomic E-state index is 6.46. The zero-order valence-corrected chi connectivity index (χ0v) is 16.8. The lowest BCUT2D eigenvalue weighted by molar-refractivity contribution is 0.268. The average Bonchev–Trinajstić information content (AvgIpc) is 2.49. The smallest absolute Gasteiger partial charge is 0.320 e. The molecule has 0 aromatic heterocycles. The lowest BCUT2D eigenvalue weighted by Crippen LogP contribution is -2.54. The predicted octanol–water partition coefficient (Wildman–Crippen LogP) is -0.0720.